The molecule has 0 N–H and O–H groups in total. The van der Waals surface area contributed by atoms with Gasteiger partial charge in [0.05, 0.1) is 31.7 Å². The lowest BCUT2D eigenvalue weighted by molar-refractivity contribution is 0.452. The highest BCUT2D eigenvalue weighted by Crippen LogP contribution is 2.28. The average Bonchev–Trinajstić information content (AvgIpc) is 3.57. The van der Waals surface area contributed by atoms with Gasteiger partial charge in [-0.05, 0) is 41.5 Å². The number of nitrogens with zero attached hydrogens (tertiary/aromatic N) is 4. The van der Waals surface area contributed by atoms with Gasteiger partial charge in [0.1, 0.15) is 22.9 Å². The van der Waals surface area contributed by atoms with E-state index in [-0.39, 0.29) is 0 Å². The second kappa shape index (κ2) is 16.9. The molecule has 12 nitrogen and oxygen atoms in total. The second-order valence-electron chi connectivity index (χ2n) is 9.40. The highest BCUT2D eigenvalue weighted by molar-refractivity contribution is 7.89. The Balaban J connectivity index is 0.000000240. The van der Waals surface area contributed by atoms with Gasteiger partial charge in [-0.3, -0.25) is 0 Å². The van der Waals surface area contributed by atoms with Crippen molar-refractivity contribution in [3.05, 3.63) is 72.2 Å². The number of oxazole rings is 2. The first kappa shape index (κ1) is 36.5. The van der Waals surface area contributed by atoms with Crippen molar-refractivity contribution in [3.63, 3.8) is 0 Å². The molecule has 2 heterocycles. The van der Waals surface area contributed by atoms with Gasteiger partial charge in [-0.25, -0.2) is 16.8 Å². The number of anilines is 2. The zero-order valence-electron chi connectivity index (χ0n) is 25.9. The second-order valence-corrected chi connectivity index (χ2v) is 12.4. The van der Waals surface area contributed by atoms with Gasteiger partial charge >= 0.3 is 0 Å². The Bertz CT molecular complexity index is 1510. The monoisotopic (exact) mass is 648 g/mol. The zero-order chi connectivity index (χ0) is 32.9. The van der Waals surface area contributed by atoms with E-state index in [1.54, 1.807) is 0 Å². The molecule has 0 amide bonds. The van der Waals surface area contributed by atoms with Crippen LogP contribution in [0.5, 0.6) is 0 Å². The third-order valence-corrected chi connectivity index (χ3v) is 7.98. The summed E-state index contributed by atoms with van der Waals surface area (Å²) in [5.74, 6) is -0.561. The molecule has 44 heavy (non-hydrogen) atoms. The minimum Gasteiger partial charge on any atom is -0.748 e. The summed E-state index contributed by atoms with van der Waals surface area (Å²) in [6.45, 7) is 16.0. The van der Waals surface area contributed by atoms with E-state index in [0.29, 0.717) is 12.0 Å². The fourth-order valence-corrected chi connectivity index (χ4v) is 5.59. The van der Waals surface area contributed by atoms with Gasteiger partial charge in [-0.1, -0.05) is 60.7 Å². The van der Waals surface area contributed by atoms with E-state index < -0.39 is 31.7 Å². The summed E-state index contributed by atoms with van der Waals surface area (Å²) in [4.78, 5) is 13.4. The van der Waals surface area contributed by atoms with Crippen molar-refractivity contribution in [1.82, 2.24) is 9.97 Å². The lowest BCUT2D eigenvalue weighted by Gasteiger charge is -2.14. The minimum absolute atomic E-state index is 0.714. The normalized spacial score (nSPS) is 11.2. The quantitative estimate of drug-likeness (QED) is 0.198. The van der Waals surface area contributed by atoms with Crippen molar-refractivity contribution in [3.8, 4) is 22.5 Å². The van der Waals surface area contributed by atoms with Crippen LogP contribution in [0.15, 0.2) is 69.5 Å². The Morgan fingerprint density at radius 2 is 0.886 bits per heavy atom. The first-order valence-corrected chi connectivity index (χ1v) is 17.3. The fraction of sp³-hybridized carbons (Fsp3) is 0.400. The van der Waals surface area contributed by atoms with E-state index in [1.807, 2.05) is 50.2 Å². The molecule has 0 atom stereocenters. The van der Waals surface area contributed by atoms with E-state index >= 15 is 0 Å². The molecule has 0 unspecified atom stereocenters. The number of aromatic nitrogens is 2. The molecule has 0 spiro atoms. The zero-order valence-corrected chi connectivity index (χ0v) is 27.5. The lowest BCUT2D eigenvalue weighted by Crippen LogP contribution is -2.21. The first-order valence-electron chi connectivity index (χ1n) is 14.2. The summed E-state index contributed by atoms with van der Waals surface area (Å²) in [6.07, 6.45) is 0. The van der Waals surface area contributed by atoms with Crippen LogP contribution < -0.4 is 9.80 Å². The molecule has 0 aliphatic rings. The maximum Gasteiger partial charge on any atom is 0.298 e. The summed E-state index contributed by atoms with van der Waals surface area (Å²) in [7, 11) is -9.17. The van der Waals surface area contributed by atoms with Crippen LogP contribution in [0.1, 0.15) is 39.2 Å². The van der Waals surface area contributed by atoms with Crippen LogP contribution in [-0.4, -0.2) is 73.6 Å². The van der Waals surface area contributed by atoms with Crippen LogP contribution in [0.25, 0.3) is 22.5 Å². The average molecular weight is 649 g/mol. The molecular weight excluding hydrogens is 608 g/mol. The number of hydrogen-bond acceptors (Lipinski definition) is 12. The van der Waals surface area contributed by atoms with Gasteiger partial charge < -0.3 is 27.7 Å². The molecule has 4 rings (SSSR count). The molecule has 0 fully saturated rings. The molecule has 0 saturated heterocycles. The van der Waals surface area contributed by atoms with Crippen LogP contribution in [0.3, 0.4) is 0 Å². The van der Waals surface area contributed by atoms with Gasteiger partial charge in [0.2, 0.25) is 0 Å². The predicted octanol–water partition coefficient (Wildman–Crippen LogP) is 5.07. The van der Waals surface area contributed by atoms with Crippen molar-refractivity contribution in [2.75, 3.05) is 47.5 Å². The number of benzene rings is 2. The molecule has 0 bridgehead atoms. The fourth-order valence-electron chi connectivity index (χ4n) is 3.96. The molecule has 0 aliphatic carbocycles. The number of hydrogen-bond donors (Lipinski definition) is 0. The largest absolute Gasteiger partial charge is 0.748 e. The Hall–Kier alpha value is -3.72. The van der Waals surface area contributed by atoms with Crippen molar-refractivity contribution >= 4 is 32.3 Å². The molecule has 0 saturated carbocycles. The van der Waals surface area contributed by atoms with Crippen molar-refractivity contribution in [1.29, 1.82) is 0 Å². The Morgan fingerprint density at radius 3 is 1.14 bits per heavy atom. The Kier molecular flexibility index (Phi) is 14.0. The highest BCUT2D eigenvalue weighted by atomic mass is 32.2. The van der Waals surface area contributed by atoms with Crippen LogP contribution in [0.4, 0.5) is 12.0 Å². The van der Waals surface area contributed by atoms with Crippen molar-refractivity contribution in [2.24, 2.45) is 0 Å². The SMILES string of the molecule is CCN(CC)c1nc(-c2ccccc2)c(C)o1.CCN(CC)c1nc(-c2ccccc2)c(C)o1.O=S(=O)([O-])CCS(=O)(=O)[O-]. The molecule has 2 aromatic carbocycles. The van der Waals surface area contributed by atoms with Crippen molar-refractivity contribution < 1.29 is 34.8 Å². The van der Waals surface area contributed by atoms with Gasteiger partial charge in [0, 0.05) is 37.3 Å². The van der Waals surface area contributed by atoms with Gasteiger partial charge in [-0.2, -0.15) is 9.97 Å². The molecule has 242 valence electrons. The Morgan fingerprint density at radius 1 is 0.591 bits per heavy atom. The maximum atomic E-state index is 9.72. The number of rotatable bonds is 11. The van der Waals surface area contributed by atoms with Gasteiger partial charge in [0.25, 0.3) is 12.0 Å². The smallest absolute Gasteiger partial charge is 0.298 e. The highest BCUT2D eigenvalue weighted by Gasteiger charge is 2.16. The molecule has 14 heteroatoms. The summed E-state index contributed by atoms with van der Waals surface area (Å²) in [5, 5.41) is 0. The molecule has 2 aromatic heterocycles. The van der Waals surface area contributed by atoms with Crippen molar-refractivity contribution in [2.45, 2.75) is 41.5 Å². The van der Waals surface area contributed by atoms with Gasteiger partial charge in [-0.15, -0.1) is 0 Å². The third-order valence-electron chi connectivity index (χ3n) is 6.32. The summed E-state index contributed by atoms with van der Waals surface area (Å²) < 4.78 is 69.8. The van der Waals surface area contributed by atoms with E-state index in [4.69, 9.17) is 8.83 Å². The molecule has 4 aromatic rings. The summed E-state index contributed by atoms with van der Waals surface area (Å²) >= 11 is 0. The van der Waals surface area contributed by atoms with Crippen LogP contribution >= 0.6 is 0 Å². The molecule has 0 radical (unpaired) electrons. The topological polar surface area (TPSA) is 173 Å². The maximum absolute atomic E-state index is 9.72. The van der Waals surface area contributed by atoms with Crippen LogP contribution in [-0.2, 0) is 20.2 Å². The van der Waals surface area contributed by atoms with E-state index in [2.05, 4.69) is 71.7 Å². The van der Waals surface area contributed by atoms with Gasteiger partial charge in [0.15, 0.2) is 0 Å². The Labute approximate surface area is 260 Å². The molecule has 0 aliphatic heterocycles. The van der Waals surface area contributed by atoms with Crippen LogP contribution in [0, 0.1) is 13.8 Å². The van der Waals surface area contributed by atoms with E-state index in [1.165, 1.54) is 0 Å². The summed E-state index contributed by atoms with van der Waals surface area (Å²) in [5.41, 5.74) is 4.08. The summed E-state index contributed by atoms with van der Waals surface area (Å²) in [6, 6.07) is 21.7. The van der Waals surface area contributed by atoms with Crippen LogP contribution in [0.2, 0.25) is 0 Å². The first-order chi connectivity index (χ1) is 20.7. The standard InChI is InChI=1S/2C14H18N2O.C2H6O6S2/c2*1-4-16(5-2)14-15-13(11(3)17-14)12-9-7-6-8-10-12;3-9(4,5)1-2-10(6,7)8/h2*6-10H,4-5H2,1-3H3;1-2H2,(H,3,4,5)(H,6,7,8)/p-2. The lowest BCUT2D eigenvalue weighted by atomic mass is 10.1. The minimum atomic E-state index is -4.59. The predicted molar refractivity (Wildman–Crippen MR) is 170 cm³/mol. The van der Waals surface area contributed by atoms with E-state index in [9.17, 15) is 25.9 Å². The molecular formula is C30H40N4O8S2-2. The van der Waals surface area contributed by atoms with E-state index in [0.717, 1.165) is 60.2 Å². The third kappa shape index (κ3) is 11.8. The number of aryl methyl sites for hydroxylation is 2.